The van der Waals surface area contributed by atoms with Crippen LogP contribution in [-0.2, 0) is 9.59 Å². The van der Waals surface area contributed by atoms with Crippen LogP contribution in [0.25, 0.3) is 0 Å². The van der Waals surface area contributed by atoms with Crippen molar-refractivity contribution in [2.75, 3.05) is 52.1 Å². The molecule has 1 aromatic rings. The largest absolute Gasteiger partial charge is 0.352 e. The average Bonchev–Trinajstić information content (AvgIpc) is 3.52. The number of piperazine rings is 1. The molecule has 1 saturated heterocycles. The quantitative estimate of drug-likeness (QED) is 0.699. The first kappa shape index (κ1) is 21.3. The normalized spacial score (nSPS) is 18.7. The van der Waals surface area contributed by atoms with Gasteiger partial charge in [0.2, 0.25) is 11.8 Å². The molecule has 1 aliphatic carbocycles. The molecule has 3 rings (SSSR count). The monoisotopic (exact) mass is 401 g/mol. The summed E-state index contributed by atoms with van der Waals surface area (Å²) in [6.45, 7) is 5.32. The van der Waals surface area contributed by atoms with E-state index in [2.05, 4.69) is 20.4 Å². The maximum atomic E-state index is 12.4. The van der Waals surface area contributed by atoms with Crippen LogP contribution in [0, 0.1) is 0 Å². The van der Waals surface area contributed by atoms with Crippen LogP contribution in [0.5, 0.6) is 0 Å². The molecule has 0 spiro atoms. The van der Waals surface area contributed by atoms with Crippen LogP contribution in [0.1, 0.15) is 30.1 Å². The Bertz CT molecular complexity index is 737. The molecule has 8 heteroatoms. The molecule has 8 nitrogen and oxygen atoms in total. The summed E-state index contributed by atoms with van der Waals surface area (Å²) in [5, 5.41) is 5.94. The van der Waals surface area contributed by atoms with Gasteiger partial charge in [-0.05, 0) is 44.0 Å². The molecule has 0 aromatic heterocycles. The van der Waals surface area contributed by atoms with Gasteiger partial charge in [-0.3, -0.25) is 24.2 Å². The molecule has 3 amide bonds. The second kappa shape index (κ2) is 9.37. The van der Waals surface area contributed by atoms with Crippen molar-refractivity contribution in [3.63, 3.8) is 0 Å². The number of nitrogens with one attached hydrogen (secondary N) is 2. The molecule has 0 bridgehead atoms. The van der Waals surface area contributed by atoms with E-state index in [-0.39, 0.29) is 23.8 Å². The van der Waals surface area contributed by atoms with E-state index in [1.54, 1.807) is 38.4 Å². The zero-order valence-corrected chi connectivity index (χ0v) is 17.5. The molecule has 1 saturated carbocycles. The number of benzene rings is 1. The van der Waals surface area contributed by atoms with Crippen molar-refractivity contribution in [3.05, 3.63) is 29.8 Å². The van der Waals surface area contributed by atoms with Crippen LogP contribution in [0.4, 0.5) is 5.69 Å². The van der Waals surface area contributed by atoms with E-state index in [1.807, 2.05) is 6.92 Å². The first-order valence-corrected chi connectivity index (χ1v) is 10.2. The Morgan fingerprint density at radius 3 is 2.24 bits per heavy atom. The van der Waals surface area contributed by atoms with Crippen LogP contribution in [0.3, 0.4) is 0 Å². The van der Waals surface area contributed by atoms with Crippen molar-refractivity contribution in [2.45, 2.75) is 31.8 Å². The lowest BCUT2D eigenvalue weighted by Crippen LogP contribution is -2.55. The highest BCUT2D eigenvalue weighted by Crippen LogP contribution is 2.19. The number of hydrogen-bond donors (Lipinski definition) is 2. The summed E-state index contributed by atoms with van der Waals surface area (Å²) in [5.41, 5.74) is 1.26. The maximum Gasteiger partial charge on any atom is 0.253 e. The summed E-state index contributed by atoms with van der Waals surface area (Å²) in [7, 11) is 3.41. The highest BCUT2D eigenvalue weighted by Gasteiger charge is 2.30. The molecule has 2 fully saturated rings. The fourth-order valence-electron chi connectivity index (χ4n) is 3.38. The number of carbonyl (C=O) groups excluding carboxylic acids is 3. The minimum atomic E-state index is -0.130. The van der Waals surface area contributed by atoms with Gasteiger partial charge >= 0.3 is 0 Å². The van der Waals surface area contributed by atoms with Crippen LogP contribution in [-0.4, -0.2) is 91.3 Å². The number of hydrogen-bond acceptors (Lipinski definition) is 5. The Morgan fingerprint density at radius 2 is 1.69 bits per heavy atom. The van der Waals surface area contributed by atoms with Crippen LogP contribution in [0.15, 0.2) is 24.3 Å². The molecule has 158 valence electrons. The van der Waals surface area contributed by atoms with Gasteiger partial charge in [0.1, 0.15) is 0 Å². The van der Waals surface area contributed by atoms with Gasteiger partial charge in [0, 0.05) is 57.6 Å². The van der Waals surface area contributed by atoms with Gasteiger partial charge in [0.25, 0.3) is 5.91 Å². The zero-order valence-electron chi connectivity index (χ0n) is 17.5. The van der Waals surface area contributed by atoms with Gasteiger partial charge < -0.3 is 15.5 Å². The maximum absolute atomic E-state index is 12.4. The molecule has 0 radical (unpaired) electrons. The molecule has 2 aliphatic rings. The molecule has 1 aromatic carbocycles. The molecule has 2 N–H and O–H groups in total. The predicted octanol–water partition coefficient (Wildman–Crippen LogP) is 0.612. The molecule has 1 aliphatic heterocycles. The number of nitrogens with zero attached hydrogens (tertiary/aromatic N) is 3. The van der Waals surface area contributed by atoms with Gasteiger partial charge in [0.15, 0.2) is 0 Å². The lowest BCUT2D eigenvalue weighted by Gasteiger charge is -2.37. The third kappa shape index (κ3) is 6.01. The average molecular weight is 402 g/mol. The minimum Gasteiger partial charge on any atom is -0.352 e. The summed E-state index contributed by atoms with van der Waals surface area (Å²) in [6.07, 6.45) is 2.19. The van der Waals surface area contributed by atoms with Crippen molar-refractivity contribution in [1.29, 1.82) is 0 Å². The smallest absolute Gasteiger partial charge is 0.253 e. The van der Waals surface area contributed by atoms with Gasteiger partial charge in [-0.2, -0.15) is 0 Å². The van der Waals surface area contributed by atoms with Gasteiger partial charge in [-0.25, -0.2) is 0 Å². The summed E-state index contributed by atoms with van der Waals surface area (Å²) in [4.78, 5) is 42.3. The van der Waals surface area contributed by atoms with Crippen LogP contribution >= 0.6 is 0 Å². The first-order valence-electron chi connectivity index (χ1n) is 10.2. The lowest BCUT2D eigenvalue weighted by molar-refractivity contribution is -0.127. The van der Waals surface area contributed by atoms with E-state index in [1.165, 1.54) is 4.90 Å². The standard InChI is InChI=1S/C21H31N5O3/c1-15(20(28)23-18-8-9-18)26-12-10-25(11-13-26)14-19(27)22-17-6-4-16(5-7-17)21(29)24(2)3/h4-7,15,18H,8-14H2,1-3H3,(H,22,27)(H,23,28). The van der Waals surface area contributed by atoms with E-state index >= 15 is 0 Å². The number of carbonyl (C=O) groups is 3. The third-order valence-electron chi connectivity index (χ3n) is 5.45. The molecule has 1 heterocycles. The fourth-order valence-corrected chi connectivity index (χ4v) is 3.38. The van der Waals surface area contributed by atoms with Gasteiger partial charge in [-0.15, -0.1) is 0 Å². The SMILES string of the molecule is CC(C(=O)NC1CC1)N1CCN(CC(=O)Nc2ccc(C(=O)N(C)C)cc2)CC1. The third-order valence-corrected chi connectivity index (χ3v) is 5.45. The Morgan fingerprint density at radius 1 is 1.07 bits per heavy atom. The summed E-state index contributed by atoms with van der Waals surface area (Å²) in [6, 6.07) is 7.16. The van der Waals surface area contributed by atoms with Crippen molar-refractivity contribution < 1.29 is 14.4 Å². The molecule has 29 heavy (non-hydrogen) atoms. The Hall–Kier alpha value is -2.45. The Kier molecular flexibility index (Phi) is 6.87. The van der Waals surface area contributed by atoms with E-state index in [0.717, 1.165) is 39.0 Å². The van der Waals surface area contributed by atoms with Crippen molar-refractivity contribution >= 4 is 23.4 Å². The predicted molar refractivity (Wildman–Crippen MR) is 112 cm³/mol. The number of amides is 3. The Labute approximate surface area is 172 Å². The van der Waals surface area contributed by atoms with Crippen LogP contribution in [0.2, 0.25) is 0 Å². The van der Waals surface area contributed by atoms with E-state index < -0.39 is 0 Å². The fraction of sp³-hybridized carbons (Fsp3) is 0.571. The van der Waals surface area contributed by atoms with Crippen molar-refractivity contribution in [3.8, 4) is 0 Å². The van der Waals surface area contributed by atoms with Gasteiger partial charge in [0.05, 0.1) is 12.6 Å². The van der Waals surface area contributed by atoms with Gasteiger partial charge in [-0.1, -0.05) is 0 Å². The van der Waals surface area contributed by atoms with E-state index in [9.17, 15) is 14.4 Å². The number of rotatable bonds is 7. The van der Waals surface area contributed by atoms with E-state index in [4.69, 9.17) is 0 Å². The summed E-state index contributed by atoms with van der Waals surface area (Å²) < 4.78 is 0. The zero-order chi connectivity index (χ0) is 21.0. The topological polar surface area (TPSA) is 85.0 Å². The van der Waals surface area contributed by atoms with Crippen molar-refractivity contribution in [1.82, 2.24) is 20.0 Å². The summed E-state index contributed by atoms with van der Waals surface area (Å²) >= 11 is 0. The lowest BCUT2D eigenvalue weighted by atomic mass is 10.2. The van der Waals surface area contributed by atoms with Crippen LogP contribution < -0.4 is 10.6 Å². The second-order valence-corrected chi connectivity index (χ2v) is 8.10. The van der Waals surface area contributed by atoms with E-state index in [0.29, 0.717) is 23.8 Å². The minimum absolute atomic E-state index is 0.0687. The molecular formula is C21H31N5O3. The number of anilines is 1. The first-order chi connectivity index (χ1) is 13.8. The highest BCUT2D eigenvalue weighted by molar-refractivity contribution is 5.96. The highest BCUT2D eigenvalue weighted by atomic mass is 16.2. The molecular weight excluding hydrogens is 370 g/mol. The Balaban J connectivity index is 1.41. The van der Waals surface area contributed by atoms with Crippen molar-refractivity contribution in [2.24, 2.45) is 0 Å². The molecule has 1 atom stereocenters. The summed E-state index contributed by atoms with van der Waals surface area (Å²) in [5.74, 6) is -0.0414. The second-order valence-electron chi connectivity index (χ2n) is 8.10. The molecule has 1 unspecified atom stereocenters.